The Labute approximate surface area is 160 Å². The third-order valence-corrected chi connectivity index (χ3v) is 5.20. The van der Waals surface area contributed by atoms with E-state index >= 15 is 0 Å². The van der Waals surface area contributed by atoms with Crippen molar-refractivity contribution in [2.45, 2.75) is 25.8 Å². The number of hydrogen-bond acceptors (Lipinski definition) is 2. The van der Waals surface area contributed by atoms with Crippen LogP contribution in [0.5, 0.6) is 0 Å². The summed E-state index contributed by atoms with van der Waals surface area (Å²) in [5.74, 6) is 0.515. The van der Waals surface area contributed by atoms with Gasteiger partial charge in [0, 0.05) is 19.1 Å². The molecule has 0 aliphatic carbocycles. The van der Waals surface area contributed by atoms with E-state index in [1.54, 1.807) is 0 Å². The van der Waals surface area contributed by atoms with Crippen molar-refractivity contribution < 1.29 is 4.79 Å². The van der Waals surface area contributed by atoms with E-state index in [1.807, 2.05) is 60.4 Å². The third kappa shape index (κ3) is 4.55. The number of rotatable bonds is 3. The Morgan fingerprint density at radius 1 is 1.12 bits per heavy atom. The molecule has 1 fully saturated rings. The standard InChI is InChI=1S/C20H23ClN2O.ClH/c1-14(22)15-9-11-23(12-10-15)20(24)18-13-17(7-8-19(18)21)16-5-3-2-4-6-16;/h2-8,13-15H,9-12,22H2,1H3;1H. The summed E-state index contributed by atoms with van der Waals surface area (Å²) in [4.78, 5) is 14.8. The molecule has 0 saturated carbocycles. The maximum atomic E-state index is 12.9. The zero-order chi connectivity index (χ0) is 17.1. The highest BCUT2D eigenvalue weighted by Crippen LogP contribution is 2.28. The van der Waals surface area contributed by atoms with E-state index in [4.69, 9.17) is 17.3 Å². The molecule has 0 bridgehead atoms. The molecule has 1 saturated heterocycles. The Balaban J connectivity index is 0.00000225. The van der Waals surface area contributed by atoms with Crippen LogP contribution in [0, 0.1) is 5.92 Å². The topological polar surface area (TPSA) is 46.3 Å². The highest BCUT2D eigenvalue weighted by atomic mass is 35.5. The van der Waals surface area contributed by atoms with Gasteiger partial charge >= 0.3 is 0 Å². The highest BCUT2D eigenvalue weighted by molar-refractivity contribution is 6.34. The Kier molecular flexibility index (Phi) is 6.88. The minimum Gasteiger partial charge on any atom is -0.339 e. The van der Waals surface area contributed by atoms with Crippen molar-refractivity contribution in [3.05, 3.63) is 59.1 Å². The van der Waals surface area contributed by atoms with Crippen molar-refractivity contribution in [3.8, 4) is 11.1 Å². The van der Waals surface area contributed by atoms with Crippen molar-refractivity contribution >= 4 is 29.9 Å². The molecule has 0 aromatic heterocycles. The lowest BCUT2D eigenvalue weighted by Crippen LogP contribution is -2.42. The maximum Gasteiger partial charge on any atom is 0.255 e. The van der Waals surface area contributed by atoms with Crippen LogP contribution < -0.4 is 5.73 Å². The minimum atomic E-state index is 0. The molecule has 2 aromatic carbocycles. The first-order valence-electron chi connectivity index (χ1n) is 8.46. The fourth-order valence-corrected chi connectivity index (χ4v) is 3.50. The fraction of sp³-hybridized carbons (Fsp3) is 0.350. The molecule has 1 aliphatic heterocycles. The molecule has 1 atom stereocenters. The second-order valence-electron chi connectivity index (χ2n) is 6.55. The average molecular weight is 379 g/mol. The summed E-state index contributed by atoms with van der Waals surface area (Å²) in [6.07, 6.45) is 1.92. The number of halogens is 2. The number of likely N-dealkylation sites (tertiary alicyclic amines) is 1. The molecular weight excluding hydrogens is 355 g/mol. The number of carbonyl (C=O) groups is 1. The SMILES string of the molecule is CC(N)C1CCN(C(=O)c2cc(-c3ccccc3)ccc2Cl)CC1.Cl. The monoisotopic (exact) mass is 378 g/mol. The predicted molar refractivity (Wildman–Crippen MR) is 106 cm³/mol. The lowest BCUT2D eigenvalue weighted by molar-refractivity contribution is 0.0681. The minimum absolute atomic E-state index is 0. The van der Waals surface area contributed by atoms with Crippen molar-refractivity contribution in [1.82, 2.24) is 4.90 Å². The van der Waals surface area contributed by atoms with E-state index in [2.05, 4.69) is 0 Å². The summed E-state index contributed by atoms with van der Waals surface area (Å²) in [5.41, 5.74) is 8.65. The molecule has 1 amide bonds. The Bertz CT molecular complexity index is 711. The summed E-state index contributed by atoms with van der Waals surface area (Å²) in [7, 11) is 0. The molecule has 1 heterocycles. The zero-order valence-electron chi connectivity index (χ0n) is 14.3. The quantitative estimate of drug-likeness (QED) is 0.845. The van der Waals surface area contributed by atoms with E-state index in [1.165, 1.54) is 0 Å². The molecule has 2 aromatic rings. The summed E-state index contributed by atoms with van der Waals surface area (Å²) < 4.78 is 0. The summed E-state index contributed by atoms with van der Waals surface area (Å²) in [6.45, 7) is 3.54. The number of carbonyl (C=O) groups excluding carboxylic acids is 1. The van der Waals surface area contributed by atoms with E-state index in [0.29, 0.717) is 16.5 Å². The van der Waals surface area contributed by atoms with Gasteiger partial charge in [-0.15, -0.1) is 12.4 Å². The molecule has 1 aliphatic rings. The van der Waals surface area contributed by atoms with Crippen LogP contribution in [0.15, 0.2) is 48.5 Å². The van der Waals surface area contributed by atoms with Crippen molar-refractivity contribution in [3.63, 3.8) is 0 Å². The first-order chi connectivity index (χ1) is 11.6. The third-order valence-electron chi connectivity index (χ3n) is 4.87. The Morgan fingerprint density at radius 2 is 1.76 bits per heavy atom. The number of benzene rings is 2. The maximum absolute atomic E-state index is 12.9. The fourth-order valence-electron chi connectivity index (χ4n) is 3.30. The van der Waals surface area contributed by atoms with Gasteiger partial charge in [0.2, 0.25) is 0 Å². The van der Waals surface area contributed by atoms with E-state index in [-0.39, 0.29) is 24.4 Å². The van der Waals surface area contributed by atoms with Gasteiger partial charge in [-0.1, -0.05) is 48.0 Å². The van der Waals surface area contributed by atoms with Crippen LogP contribution in [0.3, 0.4) is 0 Å². The van der Waals surface area contributed by atoms with Gasteiger partial charge in [-0.3, -0.25) is 4.79 Å². The normalized spacial score (nSPS) is 16.2. The molecule has 2 N–H and O–H groups in total. The molecule has 25 heavy (non-hydrogen) atoms. The van der Waals surface area contributed by atoms with Gasteiger partial charge in [-0.05, 0) is 48.9 Å². The number of nitrogens with zero attached hydrogens (tertiary/aromatic N) is 1. The van der Waals surface area contributed by atoms with Crippen LogP contribution in [0.1, 0.15) is 30.1 Å². The molecule has 1 unspecified atom stereocenters. The lowest BCUT2D eigenvalue weighted by atomic mass is 9.90. The molecule has 134 valence electrons. The van der Waals surface area contributed by atoms with Gasteiger partial charge in [0.25, 0.3) is 5.91 Å². The van der Waals surface area contributed by atoms with Gasteiger partial charge in [-0.25, -0.2) is 0 Å². The summed E-state index contributed by atoms with van der Waals surface area (Å²) in [6, 6.07) is 15.9. The van der Waals surface area contributed by atoms with Crippen LogP contribution in [0.25, 0.3) is 11.1 Å². The van der Waals surface area contributed by atoms with Gasteiger partial charge < -0.3 is 10.6 Å². The average Bonchev–Trinajstić information content (AvgIpc) is 2.62. The molecule has 0 radical (unpaired) electrons. The van der Waals surface area contributed by atoms with Crippen molar-refractivity contribution in [1.29, 1.82) is 0 Å². The predicted octanol–water partition coefficient (Wildman–Crippen LogP) is 4.63. The van der Waals surface area contributed by atoms with Gasteiger partial charge in [0.05, 0.1) is 10.6 Å². The highest BCUT2D eigenvalue weighted by Gasteiger charge is 2.26. The van der Waals surface area contributed by atoms with Crippen LogP contribution in [0.2, 0.25) is 5.02 Å². The second-order valence-corrected chi connectivity index (χ2v) is 6.96. The van der Waals surface area contributed by atoms with Crippen LogP contribution in [0.4, 0.5) is 0 Å². The molecule has 3 rings (SSSR count). The Hall–Kier alpha value is -1.55. The van der Waals surface area contributed by atoms with E-state index < -0.39 is 0 Å². The molecular formula is C20H24Cl2N2O. The smallest absolute Gasteiger partial charge is 0.255 e. The van der Waals surface area contributed by atoms with Crippen molar-refractivity contribution in [2.75, 3.05) is 13.1 Å². The summed E-state index contributed by atoms with van der Waals surface area (Å²) >= 11 is 6.31. The molecule has 0 spiro atoms. The number of hydrogen-bond donors (Lipinski definition) is 1. The number of amides is 1. The summed E-state index contributed by atoms with van der Waals surface area (Å²) in [5, 5.41) is 0.508. The van der Waals surface area contributed by atoms with Crippen LogP contribution in [-0.2, 0) is 0 Å². The molecule has 5 heteroatoms. The zero-order valence-corrected chi connectivity index (χ0v) is 15.9. The first kappa shape index (κ1) is 19.8. The van der Waals surface area contributed by atoms with Gasteiger partial charge in [0.15, 0.2) is 0 Å². The van der Waals surface area contributed by atoms with Crippen molar-refractivity contribution in [2.24, 2.45) is 11.7 Å². The van der Waals surface area contributed by atoms with Gasteiger partial charge in [-0.2, -0.15) is 0 Å². The van der Waals surface area contributed by atoms with E-state index in [0.717, 1.165) is 37.1 Å². The second kappa shape index (κ2) is 8.70. The number of piperidine rings is 1. The Morgan fingerprint density at radius 3 is 2.36 bits per heavy atom. The number of nitrogens with two attached hydrogens (primary N) is 1. The van der Waals surface area contributed by atoms with Crippen LogP contribution >= 0.6 is 24.0 Å². The lowest BCUT2D eigenvalue weighted by Gasteiger charge is -2.34. The molecule has 3 nitrogen and oxygen atoms in total. The first-order valence-corrected chi connectivity index (χ1v) is 8.84. The largest absolute Gasteiger partial charge is 0.339 e. The van der Waals surface area contributed by atoms with Crippen LogP contribution in [-0.4, -0.2) is 29.9 Å². The van der Waals surface area contributed by atoms with E-state index in [9.17, 15) is 4.79 Å². The van der Waals surface area contributed by atoms with Gasteiger partial charge in [0.1, 0.15) is 0 Å².